The van der Waals surface area contributed by atoms with Gasteiger partial charge in [-0.25, -0.2) is 9.67 Å². The summed E-state index contributed by atoms with van der Waals surface area (Å²) in [6.45, 7) is 0. The molecule has 3 heterocycles. The van der Waals surface area contributed by atoms with Gasteiger partial charge in [-0.15, -0.1) is 0 Å². The van der Waals surface area contributed by atoms with Crippen molar-refractivity contribution in [1.29, 1.82) is 0 Å². The number of aromatic nitrogens is 3. The Morgan fingerprint density at radius 3 is 2.57 bits per heavy atom. The molecule has 4 nitrogen and oxygen atoms in total. The van der Waals surface area contributed by atoms with Crippen LogP contribution < -0.4 is 0 Å². The zero-order chi connectivity index (χ0) is 15.0. The van der Waals surface area contributed by atoms with E-state index >= 15 is 0 Å². The third kappa shape index (κ3) is 2.71. The first-order valence-electron chi connectivity index (χ1n) is 5.78. The molecule has 0 amide bonds. The number of furan rings is 1. The van der Waals surface area contributed by atoms with Crippen LogP contribution in [0.4, 0.5) is 13.2 Å². The molecule has 21 heavy (non-hydrogen) atoms. The second-order valence-electron chi connectivity index (χ2n) is 4.14. The van der Waals surface area contributed by atoms with Crippen LogP contribution >= 0.6 is 15.9 Å². The van der Waals surface area contributed by atoms with Crippen molar-refractivity contribution < 1.29 is 17.6 Å². The van der Waals surface area contributed by atoms with E-state index in [0.29, 0.717) is 4.47 Å². The molecule has 0 saturated heterocycles. The molecule has 0 unspecified atom stereocenters. The zero-order valence-corrected chi connectivity index (χ0v) is 11.9. The molecule has 3 rings (SSSR count). The fourth-order valence-corrected chi connectivity index (χ4v) is 2.03. The normalized spacial score (nSPS) is 11.8. The number of halogens is 4. The Balaban J connectivity index is 2.16. The summed E-state index contributed by atoms with van der Waals surface area (Å²) in [5.41, 5.74) is -0.819. The van der Waals surface area contributed by atoms with Gasteiger partial charge in [-0.2, -0.15) is 18.3 Å². The van der Waals surface area contributed by atoms with Crippen molar-refractivity contribution in [1.82, 2.24) is 14.8 Å². The largest absolute Gasteiger partial charge is 0.463 e. The molecule has 0 saturated carbocycles. The molecular weight excluding hydrogens is 351 g/mol. The minimum atomic E-state index is -4.55. The maximum atomic E-state index is 13.1. The Morgan fingerprint density at radius 1 is 1.19 bits per heavy atom. The Bertz CT molecular complexity index is 748. The highest BCUT2D eigenvalue weighted by Gasteiger charge is 2.37. The van der Waals surface area contributed by atoms with Crippen LogP contribution in [-0.2, 0) is 6.18 Å². The average molecular weight is 358 g/mol. The zero-order valence-electron chi connectivity index (χ0n) is 10.3. The van der Waals surface area contributed by atoms with E-state index < -0.39 is 11.9 Å². The van der Waals surface area contributed by atoms with Gasteiger partial charge < -0.3 is 4.42 Å². The molecule has 108 valence electrons. The smallest absolute Gasteiger partial charge is 0.433 e. The number of rotatable bonds is 2. The molecule has 0 N–H and O–H groups in total. The summed E-state index contributed by atoms with van der Waals surface area (Å²) in [6.07, 6.45) is -1.77. The van der Waals surface area contributed by atoms with Gasteiger partial charge in [0.25, 0.3) is 0 Å². The molecule has 8 heteroatoms. The van der Waals surface area contributed by atoms with E-state index in [4.69, 9.17) is 4.42 Å². The Hall–Kier alpha value is -2.09. The van der Waals surface area contributed by atoms with E-state index in [9.17, 15) is 13.2 Å². The van der Waals surface area contributed by atoms with E-state index in [2.05, 4.69) is 26.0 Å². The Kier molecular flexibility index (Phi) is 3.32. The van der Waals surface area contributed by atoms with Crippen LogP contribution in [-0.4, -0.2) is 14.8 Å². The number of hydrogen-bond acceptors (Lipinski definition) is 3. The van der Waals surface area contributed by atoms with Crippen molar-refractivity contribution >= 4 is 15.9 Å². The molecule has 0 atom stereocenters. The first kappa shape index (κ1) is 13.9. The number of nitrogens with zero attached hydrogens (tertiary/aromatic N) is 3. The summed E-state index contributed by atoms with van der Waals surface area (Å²) in [7, 11) is 0. The second-order valence-corrected chi connectivity index (χ2v) is 5.05. The van der Waals surface area contributed by atoms with Crippen molar-refractivity contribution in [3.63, 3.8) is 0 Å². The Labute approximate surface area is 125 Å². The first-order valence-corrected chi connectivity index (χ1v) is 6.57. The van der Waals surface area contributed by atoms with E-state index in [0.717, 1.165) is 10.7 Å². The van der Waals surface area contributed by atoms with Crippen LogP contribution in [0.5, 0.6) is 0 Å². The molecule has 0 aliphatic heterocycles. The van der Waals surface area contributed by atoms with Crippen LogP contribution in [0.25, 0.3) is 17.3 Å². The van der Waals surface area contributed by atoms with Gasteiger partial charge in [-0.05, 0) is 40.2 Å². The summed E-state index contributed by atoms with van der Waals surface area (Å²) in [6, 6.07) is 7.10. The van der Waals surface area contributed by atoms with E-state index in [1.54, 1.807) is 18.2 Å². The van der Waals surface area contributed by atoms with Gasteiger partial charge in [0.1, 0.15) is 5.69 Å². The van der Waals surface area contributed by atoms with E-state index in [1.165, 1.54) is 18.5 Å². The van der Waals surface area contributed by atoms with Crippen LogP contribution in [0.2, 0.25) is 0 Å². The highest BCUT2D eigenvalue weighted by molar-refractivity contribution is 9.10. The van der Waals surface area contributed by atoms with Crippen LogP contribution in [0.1, 0.15) is 5.69 Å². The molecule has 0 bridgehead atoms. The molecule has 0 aliphatic carbocycles. The molecule has 0 spiro atoms. The maximum Gasteiger partial charge on any atom is 0.433 e. The van der Waals surface area contributed by atoms with Crippen molar-refractivity contribution in [3.05, 3.63) is 53.0 Å². The molecule has 3 aromatic heterocycles. The third-order valence-electron chi connectivity index (χ3n) is 2.70. The standard InChI is InChI=1S/C13H7BrF3N3O/c14-8-3-4-12(18-7-8)20-11(13(15,16)17)6-9(19-20)10-2-1-5-21-10/h1-7H. The van der Waals surface area contributed by atoms with Gasteiger partial charge in [-0.1, -0.05) is 0 Å². The lowest BCUT2D eigenvalue weighted by Gasteiger charge is -2.09. The highest BCUT2D eigenvalue weighted by Crippen LogP contribution is 2.33. The summed E-state index contributed by atoms with van der Waals surface area (Å²) < 4.78 is 45.9. The summed E-state index contributed by atoms with van der Waals surface area (Å²) in [4.78, 5) is 3.94. The number of hydrogen-bond donors (Lipinski definition) is 0. The van der Waals surface area contributed by atoms with Crippen molar-refractivity contribution in [3.8, 4) is 17.3 Å². The lowest BCUT2D eigenvalue weighted by molar-refractivity contribution is -0.142. The SMILES string of the molecule is FC(F)(F)c1cc(-c2ccco2)nn1-c1ccc(Br)cn1. The van der Waals surface area contributed by atoms with Crippen molar-refractivity contribution in [2.75, 3.05) is 0 Å². The van der Waals surface area contributed by atoms with Crippen LogP contribution in [0, 0.1) is 0 Å². The van der Waals surface area contributed by atoms with Gasteiger partial charge in [0.05, 0.1) is 6.26 Å². The van der Waals surface area contributed by atoms with Gasteiger partial charge in [0.15, 0.2) is 17.3 Å². The van der Waals surface area contributed by atoms with Crippen LogP contribution in [0.15, 0.2) is 51.7 Å². The maximum absolute atomic E-state index is 13.1. The second kappa shape index (κ2) is 5.03. The Morgan fingerprint density at radius 2 is 2.00 bits per heavy atom. The quantitative estimate of drug-likeness (QED) is 0.686. The number of alkyl halides is 3. The molecule has 0 fully saturated rings. The average Bonchev–Trinajstić information content (AvgIpc) is 3.07. The first-order chi connectivity index (χ1) is 9.95. The highest BCUT2D eigenvalue weighted by atomic mass is 79.9. The fourth-order valence-electron chi connectivity index (χ4n) is 1.80. The lowest BCUT2D eigenvalue weighted by Crippen LogP contribution is -2.14. The molecule has 3 aromatic rings. The third-order valence-corrected chi connectivity index (χ3v) is 3.17. The van der Waals surface area contributed by atoms with E-state index in [1.807, 2.05) is 0 Å². The predicted molar refractivity (Wildman–Crippen MR) is 71.8 cm³/mol. The van der Waals surface area contributed by atoms with Gasteiger partial charge in [0.2, 0.25) is 0 Å². The number of pyridine rings is 1. The monoisotopic (exact) mass is 357 g/mol. The topological polar surface area (TPSA) is 43.9 Å². The molecule has 0 radical (unpaired) electrons. The van der Waals surface area contributed by atoms with Crippen molar-refractivity contribution in [2.24, 2.45) is 0 Å². The predicted octanol–water partition coefficient (Wildman–Crippen LogP) is 4.31. The molecule has 0 aliphatic rings. The summed E-state index contributed by atoms with van der Waals surface area (Å²) in [5, 5.41) is 3.94. The van der Waals surface area contributed by atoms with Crippen molar-refractivity contribution in [2.45, 2.75) is 6.18 Å². The van der Waals surface area contributed by atoms with Crippen LogP contribution in [0.3, 0.4) is 0 Å². The van der Waals surface area contributed by atoms with Gasteiger partial charge in [-0.3, -0.25) is 0 Å². The van der Waals surface area contributed by atoms with Gasteiger partial charge >= 0.3 is 6.18 Å². The summed E-state index contributed by atoms with van der Waals surface area (Å²) >= 11 is 3.18. The fraction of sp³-hybridized carbons (Fsp3) is 0.0769. The molecule has 0 aromatic carbocycles. The van der Waals surface area contributed by atoms with E-state index in [-0.39, 0.29) is 17.3 Å². The lowest BCUT2D eigenvalue weighted by atomic mass is 10.3. The summed E-state index contributed by atoms with van der Waals surface area (Å²) in [5.74, 6) is 0.333. The molecular formula is C13H7BrF3N3O. The minimum Gasteiger partial charge on any atom is -0.463 e. The van der Waals surface area contributed by atoms with Gasteiger partial charge in [0, 0.05) is 16.7 Å². The minimum absolute atomic E-state index is 0.0725.